The topological polar surface area (TPSA) is 87.7 Å². The van der Waals surface area contributed by atoms with Gasteiger partial charge in [-0.25, -0.2) is 13.2 Å². The number of halogens is 1. The highest BCUT2D eigenvalue weighted by atomic mass is 35.5. The molecule has 7 nitrogen and oxygen atoms in total. The van der Waals surface area contributed by atoms with Gasteiger partial charge >= 0.3 is 6.03 Å². The van der Waals surface area contributed by atoms with Gasteiger partial charge in [-0.1, -0.05) is 31.5 Å². The summed E-state index contributed by atoms with van der Waals surface area (Å²) in [6, 6.07) is 10.5. The average molecular weight is 412 g/mol. The number of carbonyl (C=O) groups is 1. The van der Waals surface area contributed by atoms with Gasteiger partial charge in [0, 0.05) is 23.8 Å². The number of nitrogens with zero attached hydrogens (tertiary/aromatic N) is 1. The number of hydrogen-bond acceptors (Lipinski definition) is 4. The van der Waals surface area contributed by atoms with Gasteiger partial charge in [0.05, 0.1) is 17.7 Å². The van der Waals surface area contributed by atoms with Crippen LogP contribution in [0.4, 0.5) is 16.2 Å². The van der Waals surface area contributed by atoms with Crippen molar-refractivity contribution in [1.29, 1.82) is 0 Å². The number of nitrogens with one attached hydrogen (secondary N) is 2. The highest BCUT2D eigenvalue weighted by molar-refractivity contribution is 7.89. The summed E-state index contributed by atoms with van der Waals surface area (Å²) in [6.07, 6.45) is 0. The number of urea groups is 1. The fraction of sp³-hybridized carbons (Fsp3) is 0.278. The van der Waals surface area contributed by atoms with Crippen LogP contribution in [0.3, 0.4) is 0 Å². The Morgan fingerprint density at radius 3 is 2.41 bits per heavy atom. The normalized spacial score (nSPS) is 11.3. The number of hydrogen-bond donors (Lipinski definition) is 2. The van der Waals surface area contributed by atoms with Crippen LogP contribution in [0.15, 0.2) is 47.4 Å². The van der Waals surface area contributed by atoms with E-state index >= 15 is 0 Å². The van der Waals surface area contributed by atoms with Gasteiger partial charge in [-0.3, -0.25) is 0 Å². The monoisotopic (exact) mass is 411 g/mol. The molecule has 2 rings (SSSR count). The fourth-order valence-corrected chi connectivity index (χ4v) is 4.18. The van der Waals surface area contributed by atoms with E-state index < -0.39 is 16.1 Å². The molecule has 0 aliphatic carbocycles. The third-order valence-corrected chi connectivity index (χ3v) is 6.13. The second kappa shape index (κ2) is 9.07. The summed E-state index contributed by atoms with van der Waals surface area (Å²) >= 11 is 5.90. The first-order valence-corrected chi connectivity index (χ1v) is 10.1. The third kappa shape index (κ3) is 5.12. The molecule has 9 heteroatoms. The molecule has 0 radical (unpaired) electrons. The SMILES string of the molecule is CCN(CC)S(=O)(=O)c1ccc(OC)c(NC(=O)Nc2cccc(Cl)c2)c1. The molecule has 0 unspecified atom stereocenters. The second-order valence-electron chi connectivity index (χ2n) is 5.54. The standard InChI is InChI=1S/C18H22ClN3O4S/c1-4-22(5-2)27(24,25)15-9-10-17(26-3)16(12-15)21-18(23)20-14-8-6-7-13(19)11-14/h6-12H,4-5H2,1-3H3,(H2,20,21,23). The first-order valence-electron chi connectivity index (χ1n) is 8.33. The molecule has 0 aliphatic rings. The van der Waals surface area contributed by atoms with Gasteiger partial charge in [0.2, 0.25) is 10.0 Å². The molecule has 0 atom stereocenters. The number of rotatable bonds is 7. The van der Waals surface area contributed by atoms with Crippen LogP contribution in [0.25, 0.3) is 0 Å². The Kier molecular flexibility index (Phi) is 7.06. The third-order valence-electron chi connectivity index (χ3n) is 3.84. The zero-order valence-corrected chi connectivity index (χ0v) is 16.9. The Bertz CT molecular complexity index is 915. The average Bonchev–Trinajstić information content (AvgIpc) is 2.62. The summed E-state index contributed by atoms with van der Waals surface area (Å²) in [5.74, 6) is 0.342. The molecule has 0 bridgehead atoms. The van der Waals surface area contributed by atoms with Gasteiger partial charge in [-0.05, 0) is 36.4 Å². The lowest BCUT2D eigenvalue weighted by Gasteiger charge is -2.19. The quantitative estimate of drug-likeness (QED) is 0.720. The Morgan fingerprint density at radius 2 is 1.81 bits per heavy atom. The number of amides is 2. The molecule has 2 amide bonds. The molecule has 146 valence electrons. The maximum Gasteiger partial charge on any atom is 0.323 e. The number of sulfonamides is 1. The van der Waals surface area contributed by atoms with Crippen molar-refractivity contribution < 1.29 is 17.9 Å². The van der Waals surface area contributed by atoms with Gasteiger partial charge in [0.25, 0.3) is 0 Å². The molecule has 0 aliphatic heterocycles. The lowest BCUT2D eigenvalue weighted by molar-refractivity contribution is 0.262. The van der Waals surface area contributed by atoms with Crippen LogP contribution in [-0.2, 0) is 10.0 Å². The molecule has 2 N–H and O–H groups in total. The molecule has 0 aromatic heterocycles. The maximum atomic E-state index is 12.7. The Balaban J connectivity index is 2.28. The number of anilines is 2. The predicted molar refractivity (Wildman–Crippen MR) is 107 cm³/mol. The van der Waals surface area contributed by atoms with E-state index in [0.717, 1.165) is 0 Å². The zero-order chi connectivity index (χ0) is 20.0. The number of benzene rings is 2. The molecule has 0 fully saturated rings. The minimum atomic E-state index is -3.66. The van der Waals surface area contributed by atoms with Crippen LogP contribution >= 0.6 is 11.6 Å². The van der Waals surface area contributed by atoms with Crippen LogP contribution in [0.5, 0.6) is 5.75 Å². The lowest BCUT2D eigenvalue weighted by Crippen LogP contribution is -2.30. The van der Waals surface area contributed by atoms with Gasteiger partial charge in [-0.2, -0.15) is 4.31 Å². The Morgan fingerprint density at radius 1 is 1.11 bits per heavy atom. The zero-order valence-electron chi connectivity index (χ0n) is 15.3. The first kappa shape index (κ1) is 21.0. The van der Waals surface area contributed by atoms with Gasteiger partial charge in [0.15, 0.2) is 0 Å². The lowest BCUT2D eigenvalue weighted by atomic mass is 10.3. The second-order valence-corrected chi connectivity index (χ2v) is 7.92. The van der Waals surface area contributed by atoms with Crippen molar-refractivity contribution in [3.8, 4) is 5.75 Å². The molecule has 2 aromatic carbocycles. The molecule has 0 heterocycles. The number of ether oxygens (including phenoxy) is 1. The van der Waals surface area contributed by atoms with Crippen molar-refractivity contribution in [2.24, 2.45) is 0 Å². The van der Waals surface area contributed by atoms with E-state index in [9.17, 15) is 13.2 Å². The fourth-order valence-electron chi connectivity index (χ4n) is 2.51. The molecule has 0 saturated carbocycles. The summed E-state index contributed by atoms with van der Waals surface area (Å²) in [5.41, 5.74) is 0.746. The van der Waals surface area contributed by atoms with Crippen LogP contribution < -0.4 is 15.4 Å². The van der Waals surface area contributed by atoms with E-state index in [-0.39, 0.29) is 10.6 Å². The van der Waals surface area contributed by atoms with Crippen LogP contribution in [0, 0.1) is 0 Å². The largest absolute Gasteiger partial charge is 0.495 e. The maximum absolute atomic E-state index is 12.7. The van der Waals surface area contributed by atoms with E-state index in [1.807, 2.05) is 0 Å². The Hall–Kier alpha value is -2.29. The van der Waals surface area contributed by atoms with Gasteiger partial charge < -0.3 is 15.4 Å². The highest BCUT2D eigenvalue weighted by Gasteiger charge is 2.23. The van der Waals surface area contributed by atoms with Gasteiger partial charge in [-0.15, -0.1) is 0 Å². The van der Waals surface area contributed by atoms with Crippen molar-refractivity contribution in [2.75, 3.05) is 30.8 Å². The van der Waals surface area contributed by atoms with E-state index in [0.29, 0.717) is 29.5 Å². The summed E-state index contributed by atoms with van der Waals surface area (Å²) in [4.78, 5) is 12.4. The van der Waals surface area contributed by atoms with Crippen molar-refractivity contribution in [3.05, 3.63) is 47.5 Å². The van der Waals surface area contributed by atoms with E-state index in [2.05, 4.69) is 10.6 Å². The van der Waals surface area contributed by atoms with E-state index in [1.54, 1.807) is 38.1 Å². The summed E-state index contributed by atoms with van der Waals surface area (Å²) in [5, 5.41) is 5.74. The summed E-state index contributed by atoms with van der Waals surface area (Å²) < 4.78 is 32.0. The van der Waals surface area contributed by atoms with E-state index in [1.165, 1.54) is 29.6 Å². The minimum Gasteiger partial charge on any atom is -0.495 e. The smallest absolute Gasteiger partial charge is 0.323 e. The predicted octanol–water partition coefficient (Wildman–Crippen LogP) is 4.02. The molecule has 0 spiro atoms. The van der Waals surface area contributed by atoms with Crippen molar-refractivity contribution in [1.82, 2.24) is 4.31 Å². The highest BCUT2D eigenvalue weighted by Crippen LogP contribution is 2.29. The van der Waals surface area contributed by atoms with Crippen LogP contribution in [0.2, 0.25) is 5.02 Å². The minimum absolute atomic E-state index is 0.0741. The van der Waals surface area contributed by atoms with Crippen molar-refractivity contribution in [3.63, 3.8) is 0 Å². The molecule has 2 aromatic rings. The summed E-state index contributed by atoms with van der Waals surface area (Å²) in [7, 11) is -2.22. The molecule has 0 saturated heterocycles. The van der Waals surface area contributed by atoms with Gasteiger partial charge in [0.1, 0.15) is 5.75 Å². The molecular formula is C18H22ClN3O4S. The van der Waals surface area contributed by atoms with Crippen molar-refractivity contribution in [2.45, 2.75) is 18.7 Å². The molecular weight excluding hydrogens is 390 g/mol. The number of methoxy groups -OCH3 is 1. The Labute approximate surface area is 164 Å². The van der Waals surface area contributed by atoms with Crippen molar-refractivity contribution >= 4 is 39.0 Å². The molecule has 27 heavy (non-hydrogen) atoms. The van der Waals surface area contributed by atoms with E-state index in [4.69, 9.17) is 16.3 Å². The number of carbonyl (C=O) groups excluding carboxylic acids is 1. The van der Waals surface area contributed by atoms with Crippen LogP contribution in [-0.4, -0.2) is 39.0 Å². The first-order chi connectivity index (χ1) is 12.8. The van der Waals surface area contributed by atoms with Crippen LogP contribution in [0.1, 0.15) is 13.8 Å². The summed E-state index contributed by atoms with van der Waals surface area (Å²) in [6.45, 7) is 4.23.